The molecular weight excluding hydrogens is 219 g/mol. The van der Waals surface area contributed by atoms with Gasteiger partial charge in [-0.1, -0.05) is 6.55 Å². The van der Waals surface area contributed by atoms with Gasteiger partial charge < -0.3 is 10.8 Å². The molecule has 0 unspecified atom stereocenters. The van der Waals surface area contributed by atoms with Crippen molar-refractivity contribution in [3.05, 3.63) is 19.6 Å². The van der Waals surface area contributed by atoms with Crippen molar-refractivity contribution in [1.29, 1.82) is 0 Å². The van der Waals surface area contributed by atoms with E-state index in [1.807, 2.05) is 0 Å². The SMILES string of the molecule is C=[C-]C.[CH2-]C(=O)OC[SiH2]C.[O]=[Co]. The average Bonchev–Trinajstić information content (AvgIpc) is 2.06. The average molecular weight is 233 g/mol. The molecule has 0 bridgehead atoms. The Balaban J connectivity index is -0.000000137. The minimum atomic E-state index is -0.408. The molecule has 0 aliphatic heterocycles. The van der Waals surface area contributed by atoms with E-state index in [4.69, 9.17) is 3.87 Å². The van der Waals surface area contributed by atoms with Gasteiger partial charge >= 0.3 is 19.5 Å². The molecule has 0 aromatic carbocycles. The fourth-order valence-electron chi connectivity index (χ4n) is 0.216. The number of ether oxygens (including phenoxy) is 1. The first-order chi connectivity index (χ1) is 5.68. The monoisotopic (exact) mass is 233 g/mol. The third-order valence-electron chi connectivity index (χ3n) is 0.467. The molecular formula is C7H14CoO3Si-2. The number of hydrogen-bond acceptors (Lipinski definition) is 3. The molecule has 0 saturated heterocycles. The summed E-state index contributed by atoms with van der Waals surface area (Å²) in [6, 6.07) is 0. The second-order valence-corrected chi connectivity index (χ2v) is 2.98. The van der Waals surface area contributed by atoms with Gasteiger partial charge in [0.1, 0.15) is 0 Å². The molecule has 5 heteroatoms. The van der Waals surface area contributed by atoms with Gasteiger partial charge in [0, 0.05) is 0 Å². The van der Waals surface area contributed by atoms with Gasteiger partial charge in [0.25, 0.3) is 0 Å². The second kappa shape index (κ2) is 22.4. The van der Waals surface area contributed by atoms with Crippen LogP contribution in [0, 0.1) is 13.0 Å². The molecule has 0 aliphatic carbocycles. The van der Waals surface area contributed by atoms with E-state index in [1.54, 1.807) is 6.92 Å². The van der Waals surface area contributed by atoms with Crippen LogP contribution < -0.4 is 0 Å². The summed E-state index contributed by atoms with van der Waals surface area (Å²) in [6.07, 6.45) is 3.13. The molecule has 75 valence electrons. The first kappa shape index (κ1) is 17.6. The third kappa shape index (κ3) is 54.7. The molecule has 0 saturated carbocycles. The van der Waals surface area contributed by atoms with Crippen molar-refractivity contribution in [3.63, 3.8) is 0 Å². The molecule has 3 nitrogen and oxygen atoms in total. The Morgan fingerprint density at radius 1 is 1.75 bits per heavy atom. The Hall–Kier alpha value is -0.397. The Morgan fingerprint density at radius 3 is 2.17 bits per heavy atom. The Bertz CT molecular complexity index is 109. The number of carbonyl (C=O) groups is 1. The van der Waals surface area contributed by atoms with Crippen molar-refractivity contribution < 1.29 is 29.1 Å². The van der Waals surface area contributed by atoms with E-state index in [-0.39, 0.29) is 9.52 Å². The number of allylic oxidation sites excluding steroid dienone is 1. The summed E-state index contributed by atoms with van der Waals surface area (Å²) in [5.41, 5.74) is 0. The van der Waals surface area contributed by atoms with Crippen molar-refractivity contribution in [1.82, 2.24) is 0 Å². The van der Waals surface area contributed by atoms with E-state index < -0.39 is 5.97 Å². The van der Waals surface area contributed by atoms with Gasteiger partial charge in [-0.3, -0.25) is 18.3 Å². The molecule has 0 amide bonds. The van der Waals surface area contributed by atoms with Gasteiger partial charge in [-0.2, -0.15) is 6.92 Å². The fraction of sp³-hybridized carbons (Fsp3) is 0.429. The maximum absolute atomic E-state index is 9.89. The van der Waals surface area contributed by atoms with Crippen LogP contribution in [0.4, 0.5) is 0 Å². The third-order valence-corrected chi connectivity index (χ3v) is 1.08. The van der Waals surface area contributed by atoms with Crippen LogP contribution in [-0.4, -0.2) is 21.7 Å². The molecule has 0 aliphatic rings. The molecule has 0 radical (unpaired) electrons. The first-order valence-corrected chi connectivity index (χ1v) is 6.09. The number of carbonyl (C=O) groups excluding carboxylic acids is 1. The van der Waals surface area contributed by atoms with Crippen LogP contribution in [0.1, 0.15) is 6.92 Å². The van der Waals surface area contributed by atoms with Gasteiger partial charge in [-0.25, -0.2) is 0 Å². The number of rotatable bonds is 2. The molecule has 0 rings (SSSR count). The number of esters is 1. The van der Waals surface area contributed by atoms with Gasteiger partial charge in [-0.15, -0.1) is 0 Å². The first-order valence-electron chi connectivity index (χ1n) is 3.25. The van der Waals surface area contributed by atoms with Crippen LogP contribution in [0.25, 0.3) is 0 Å². The van der Waals surface area contributed by atoms with Crippen molar-refractivity contribution in [2.45, 2.75) is 13.5 Å². The molecule has 0 atom stereocenters. The molecule has 0 N–H and O–H groups in total. The second-order valence-electron chi connectivity index (χ2n) is 1.57. The zero-order valence-corrected chi connectivity index (χ0v) is 9.84. The van der Waals surface area contributed by atoms with E-state index in [0.717, 1.165) is 0 Å². The maximum atomic E-state index is 9.89. The summed E-state index contributed by atoms with van der Waals surface area (Å²) in [4.78, 5) is 9.89. The van der Waals surface area contributed by atoms with Gasteiger partial charge in [0.15, 0.2) is 5.97 Å². The quantitative estimate of drug-likeness (QED) is 0.394. The van der Waals surface area contributed by atoms with E-state index >= 15 is 0 Å². The van der Waals surface area contributed by atoms with Crippen molar-refractivity contribution in [2.75, 3.05) is 6.23 Å². The predicted molar refractivity (Wildman–Crippen MR) is 46.0 cm³/mol. The van der Waals surface area contributed by atoms with Crippen LogP contribution in [0.2, 0.25) is 6.55 Å². The molecule has 0 aromatic rings. The summed E-state index contributed by atoms with van der Waals surface area (Å²) < 4.78 is 12.4. The van der Waals surface area contributed by atoms with Crippen LogP contribution >= 0.6 is 0 Å². The summed E-state index contributed by atoms with van der Waals surface area (Å²) in [6.45, 7) is 10.1. The van der Waals surface area contributed by atoms with Crippen molar-refractivity contribution >= 4 is 15.5 Å². The Morgan fingerprint density at radius 2 is 2.08 bits per heavy atom. The van der Waals surface area contributed by atoms with E-state index in [2.05, 4.69) is 46.5 Å². The summed E-state index contributed by atoms with van der Waals surface area (Å²) in [7, 11) is -0.112. The molecule has 12 heavy (non-hydrogen) atoms. The standard InChI is InChI=1S/C4H9O2Si.C3H5.Co.O/c1-4(5)6-3-7-2;1-3-2;;/h1,3,7H2,2H3;1H2,2H3;;/q2*-1;;. The summed E-state index contributed by atoms with van der Waals surface area (Å²) in [5, 5.41) is 0. The molecule has 0 heterocycles. The van der Waals surface area contributed by atoms with Crippen molar-refractivity contribution in [3.8, 4) is 0 Å². The topological polar surface area (TPSA) is 43.4 Å². The fourth-order valence-corrected chi connectivity index (χ4v) is 0.648. The summed E-state index contributed by atoms with van der Waals surface area (Å²) in [5.74, 6) is -0.408. The number of hydrogen-bond donors (Lipinski definition) is 0. The van der Waals surface area contributed by atoms with Crippen molar-refractivity contribution in [2.24, 2.45) is 0 Å². The zero-order valence-electron chi connectivity index (χ0n) is 7.39. The zero-order chi connectivity index (χ0) is 10.4. The Labute approximate surface area is 84.2 Å². The minimum absolute atomic E-state index is 0.112. The van der Waals surface area contributed by atoms with Crippen LogP contribution in [0.15, 0.2) is 6.58 Å². The van der Waals surface area contributed by atoms with Gasteiger partial charge in [0.05, 0.1) is 15.7 Å². The van der Waals surface area contributed by atoms with Crippen LogP contribution in [0.5, 0.6) is 0 Å². The van der Waals surface area contributed by atoms with E-state index in [0.29, 0.717) is 6.23 Å². The van der Waals surface area contributed by atoms with Crippen LogP contribution in [0.3, 0.4) is 0 Å². The molecule has 0 fully saturated rings. The molecule has 0 aromatic heterocycles. The van der Waals surface area contributed by atoms with Gasteiger partial charge in [0.2, 0.25) is 0 Å². The van der Waals surface area contributed by atoms with Gasteiger partial charge in [-0.05, 0) is 0 Å². The predicted octanol–water partition coefficient (Wildman–Crippen LogP) is 0.412. The van der Waals surface area contributed by atoms with Crippen LogP contribution in [-0.2, 0) is 29.1 Å². The van der Waals surface area contributed by atoms with E-state index in [9.17, 15) is 4.79 Å². The van der Waals surface area contributed by atoms with E-state index in [1.165, 1.54) is 0 Å². The summed E-state index contributed by atoms with van der Waals surface area (Å²) >= 11 is 2.31. The normalized spacial score (nSPS) is 7.25. The Kier molecular flexibility index (Phi) is 32.9. The molecule has 0 spiro atoms.